The lowest BCUT2D eigenvalue weighted by Gasteiger charge is -2.30. The van der Waals surface area contributed by atoms with Gasteiger partial charge in [-0.15, -0.1) is 0 Å². The van der Waals surface area contributed by atoms with Crippen LogP contribution in [0.25, 0.3) is 0 Å². The van der Waals surface area contributed by atoms with Crippen LogP contribution in [-0.2, 0) is 4.79 Å². The van der Waals surface area contributed by atoms with Crippen molar-refractivity contribution >= 4 is 11.8 Å². The average molecular weight is 290 g/mol. The summed E-state index contributed by atoms with van der Waals surface area (Å²) in [5, 5.41) is 20.9. The molecule has 21 heavy (non-hydrogen) atoms. The SMILES string of the molecule is CC(C)(C)C(CCNc1nccnc1C#N)CCC(=O)O. The molecule has 0 amide bonds. The Labute approximate surface area is 125 Å². The van der Waals surface area contributed by atoms with Gasteiger partial charge in [0.05, 0.1) is 0 Å². The maximum absolute atomic E-state index is 10.7. The molecule has 6 nitrogen and oxygen atoms in total. The van der Waals surface area contributed by atoms with Gasteiger partial charge >= 0.3 is 5.97 Å². The van der Waals surface area contributed by atoms with Crippen LogP contribution in [0.15, 0.2) is 12.4 Å². The molecule has 0 bridgehead atoms. The first kappa shape index (κ1) is 16.9. The summed E-state index contributed by atoms with van der Waals surface area (Å²) in [6.45, 7) is 6.97. The number of anilines is 1. The standard InChI is InChI=1S/C15H22N4O2/c1-15(2,3)11(4-5-13(20)21)6-7-18-14-12(10-16)17-8-9-19-14/h8-9,11H,4-7H2,1-3H3,(H,18,19)(H,20,21). The molecule has 0 aliphatic rings. The summed E-state index contributed by atoms with van der Waals surface area (Å²) in [4.78, 5) is 18.8. The Balaban J connectivity index is 2.57. The van der Waals surface area contributed by atoms with Gasteiger partial charge in [-0.25, -0.2) is 9.97 Å². The number of nitriles is 1. The van der Waals surface area contributed by atoms with Crippen LogP contribution in [0.5, 0.6) is 0 Å². The summed E-state index contributed by atoms with van der Waals surface area (Å²) in [7, 11) is 0. The van der Waals surface area contributed by atoms with Crippen LogP contribution in [0.2, 0.25) is 0 Å². The third-order valence-corrected chi connectivity index (χ3v) is 3.52. The van der Waals surface area contributed by atoms with Crippen molar-refractivity contribution in [1.82, 2.24) is 9.97 Å². The molecular weight excluding hydrogens is 268 g/mol. The molecule has 0 aliphatic carbocycles. The van der Waals surface area contributed by atoms with Gasteiger partial charge in [0.25, 0.3) is 0 Å². The zero-order chi connectivity index (χ0) is 15.9. The van der Waals surface area contributed by atoms with Gasteiger partial charge in [-0.2, -0.15) is 5.26 Å². The molecule has 2 N–H and O–H groups in total. The van der Waals surface area contributed by atoms with Crippen molar-refractivity contribution in [3.8, 4) is 6.07 Å². The van der Waals surface area contributed by atoms with E-state index in [4.69, 9.17) is 10.4 Å². The predicted octanol–water partition coefficient (Wildman–Crippen LogP) is 2.68. The number of hydrogen-bond acceptors (Lipinski definition) is 5. The van der Waals surface area contributed by atoms with Crippen LogP contribution in [0.3, 0.4) is 0 Å². The first-order valence-electron chi connectivity index (χ1n) is 7.01. The number of carboxylic acids is 1. The van der Waals surface area contributed by atoms with Gasteiger partial charge in [0.1, 0.15) is 6.07 Å². The summed E-state index contributed by atoms with van der Waals surface area (Å²) < 4.78 is 0. The van der Waals surface area contributed by atoms with Crippen molar-refractivity contribution in [3.05, 3.63) is 18.1 Å². The highest BCUT2D eigenvalue weighted by molar-refractivity contribution is 5.66. The molecule has 1 unspecified atom stereocenters. The zero-order valence-corrected chi connectivity index (χ0v) is 12.8. The Morgan fingerprint density at radius 2 is 2.05 bits per heavy atom. The second kappa shape index (κ2) is 7.58. The molecular formula is C15H22N4O2. The van der Waals surface area contributed by atoms with E-state index >= 15 is 0 Å². The van der Waals surface area contributed by atoms with Crippen LogP contribution >= 0.6 is 0 Å². The smallest absolute Gasteiger partial charge is 0.303 e. The highest BCUT2D eigenvalue weighted by Crippen LogP contribution is 2.32. The highest BCUT2D eigenvalue weighted by Gasteiger charge is 2.24. The average Bonchev–Trinajstić information content (AvgIpc) is 2.41. The van der Waals surface area contributed by atoms with Gasteiger partial charge in [0, 0.05) is 25.4 Å². The van der Waals surface area contributed by atoms with Gasteiger partial charge in [0.15, 0.2) is 11.5 Å². The fourth-order valence-electron chi connectivity index (χ4n) is 2.22. The molecule has 0 saturated heterocycles. The summed E-state index contributed by atoms with van der Waals surface area (Å²) in [5.74, 6) is -0.00731. The molecule has 114 valence electrons. The quantitative estimate of drug-likeness (QED) is 0.801. The van der Waals surface area contributed by atoms with Crippen molar-refractivity contribution in [2.45, 2.75) is 40.0 Å². The monoisotopic (exact) mass is 290 g/mol. The van der Waals surface area contributed by atoms with Crippen LogP contribution in [0.4, 0.5) is 5.82 Å². The number of nitrogens with zero attached hydrogens (tertiary/aromatic N) is 3. The normalized spacial score (nSPS) is 12.5. The van der Waals surface area contributed by atoms with Crippen LogP contribution in [0.1, 0.15) is 45.7 Å². The minimum Gasteiger partial charge on any atom is -0.481 e. The number of carboxylic acid groups (broad SMARTS) is 1. The van der Waals surface area contributed by atoms with E-state index < -0.39 is 5.97 Å². The minimum atomic E-state index is -0.766. The van der Waals surface area contributed by atoms with Gasteiger partial charge < -0.3 is 10.4 Å². The molecule has 1 atom stereocenters. The van der Waals surface area contributed by atoms with Crippen molar-refractivity contribution in [2.24, 2.45) is 11.3 Å². The molecule has 0 aromatic carbocycles. The van der Waals surface area contributed by atoms with E-state index in [1.807, 2.05) is 6.07 Å². The topological polar surface area (TPSA) is 98.9 Å². The summed E-state index contributed by atoms with van der Waals surface area (Å²) in [6, 6.07) is 1.99. The highest BCUT2D eigenvalue weighted by atomic mass is 16.4. The molecule has 0 fully saturated rings. The second-order valence-electron chi connectivity index (χ2n) is 6.08. The van der Waals surface area contributed by atoms with Gasteiger partial charge in [-0.3, -0.25) is 4.79 Å². The Morgan fingerprint density at radius 1 is 1.38 bits per heavy atom. The first-order valence-corrected chi connectivity index (χ1v) is 7.01. The van der Waals surface area contributed by atoms with E-state index in [0.29, 0.717) is 18.8 Å². The summed E-state index contributed by atoms with van der Waals surface area (Å²) in [5.41, 5.74) is 0.313. The molecule has 0 radical (unpaired) electrons. The molecule has 1 aromatic heterocycles. The van der Waals surface area contributed by atoms with Gasteiger partial charge in [-0.05, 0) is 24.2 Å². The largest absolute Gasteiger partial charge is 0.481 e. The second-order valence-corrected chi connectivity index (χ2v) is 6.08. The Hall–Kier alpha value is -2.16. The molecule has 0 saturated carbocycles. The van der Waals surface area contributed by atoms with Crippen molar-refractivity contribution in [3.63, 3.8) is 0 Å². The minimum absolute atomic E-state index is 0.0392. The van der Waals surface area contributed by atoms with E-state index in [-0.39, 0.29) is 23.4 Å². The molecule has 0 aliphatic heterocycles. The molecule has 1 rings (SSSR count). The molecule has 1 heterocycles. The number of carbonyl (C=O) groups is 1. The maximum Gasteiger partial charge on any atom is 0.303 e. The maximum atomic E-state index is 10.7. The number of hydrogen-bond donors (Lipinski definition) is 2. The molecule has 6 heteroatoms. The van der Waals surface area contributed by atoms with E-state index in [1.165, 1.54) is 12.4 Å². The third kappa shape index (κ3) is 5.78. The molecule has 1 aromatic rings. The fraction of sp³-hybridized carbons (Fsp3) is 0.600. The van der Waals surface area contributed by atoms with E-state index in [2.05, 4.69) is 36.1 Å². The third-order valence-electron chi connectivity index (χ3n) is 3.52. The number of nitrogens with one attached hydrogen (secondary N) is 1. The number of rotatable bonds is 7. The van der Waals surface area contributed by atoms with Crippen molar-refractivity contribution in [2.75, 3.05) is 11.9 Å². The van der Waals surface area contributed by atoms with E-state index in [1.54, 1.807) is 0 Å². The number of aliphatic carboxylic acids is 1. The Bertz CT molecular complexity index is 517. The lowest BCUT2D eigenvalue weighted by atomic mass is 9.76. The van der Waals surface area contributed by atoms with Crippen LogP contribution in [-0.4, -0.2) is 27.6 Å². The lowest BCUT2D eigenvalue weighted by Crippen LogP contribution is -2.24. The summed E-state index contributed by atoms with van der Waals surface area (Å²) in [6.07, 6.45) is 4.66. The molecule has 0 spiro atoms. The fourth-order valence-corrected chi connectivity index (χ4v) is 2.22. The lowest BCUT2D eigenvalue weighted by molar-refractivity contribution is -0.137. The van der Waals surface area contributed by atoms with Crippen molar-refractivity contribution in [1.29, 1.82) is 5.26 Å². The van der Waals surface area contributed by atoms with E-state index in [9.17, 15) is 4.79 Å². The van der Waals surface area contributed by atoms with Crippen LogP contribution in [0, 0.1) is 22.7 Å². The van der Waals surface area contributed by atoms with E-state index in [0.717, 1.165) is 6.42 Å². The van der Waals surface area contributed by atoms with Gasteiger partial charge in [-0.1, -0.05) is 20.8 Å². The predicted molar refractivity (Wildman–Crippen MR) is 79.7 cm³/mol. The van der Waals surface area contributed by atoms with Gasteiger partial charge in [0.2, 0.25) is 0 Å². The Kier molecular flexibility index (Phi) is 6.10. The first-order chi connectivity index (χ1) is 9.84. The Morgan fingerprint density at radius 3 is 2.62 bits per heavy atom. The summed E-state index contributed by atoms with van der Waals surface area (Å²) >= 11 is 0. The van der Waals surface area contributed by atoms with Crippen LogP contribution < -0.4 is 5.32 Å². The zero-order valence-electron chi connectivity index (χ0n) is 12.8. The van der Waals surface area contributed by atoms with Crippen molar-refractivity contribution < 1.29 is 9.90 Å². The number of aromatic nitrogens is 2.